The third-order valence-corrected chi connectivity index (χ3v) is 13.7. The van der Waals surface area contributed by atoms with Gasteiger partial charge in [-0.1, -0.05) is 176 Å². The quantitative estimate of drug-likeness (QED) is 0.0786. The first-order chi connectivity index (χ1) is 32.1. The molecular formula is C56H57N3O6S. The van der Waals surface area contributed by atoms with E-state index < -0.39 is 28.3 Å². The van der Waals surface area contributed by atoms with E-state index >= 15 is 0 Å². The maximum atomic E-state index is 13.8. The largest absolute Gasteiger partial charge is 0.392 e. The number of hydrogen-bond donors (Lipinski definition) is 3. The van der Waals surface area contributed by atoms with Gasteiger partial charge in [0.05, 0.1) is 23.7 Å². The van der Waals surface area contributed by atoms with Crippen molar-refractivity contribution in [3.05, 3.63) is 233 Å². The first-order valence-corrected chi connectivity index (χ1v) is 24.0. The normalized spacial score (nSPS) is 17.9. The Morgan fingerprint density at radius 1 is 0.636 bits per heavy atom. The van der Waals surface area contributed by atoms with Crippen molar-refractivity contribution in [1.29, 1.82) is 0 Å². The summed E-state index contributed by atoms with van der Waals surface area (Å²) in [6.07, 6.45) is -0.958. The zero-order chi connectivity index (χ0) is 45.9. The molecule has 1 saturated heterocycles. The number of ether oxygens (including phenoxy) is 2. The molecule has 1 fully saturated rings. The summed E-state index contributed by atoms with van der Waals surface area (Å²) in [5.41, 5.74) is 9.72. The van der Waals surface area contributed by atoms with Crippen LogP contribution in [0, 0.1) is 12.8 Å². The van der Waals surface area contributed by atoms with Crippen LogP contribution in [0.5, 0.6) is 0 Å². The van der Waals surface area contributed by atoms with Gasteiger partial charge in [0.1, 0.15) is 6.04 Å². The van der Waals surface area contributed by atoms with Crippen molar-refractivity contribution in [3.63, 3.8) is 0 Å². The van der Waals surface area contributed by atoms with Gasteiger partial charge < -0.3 is 19.9 Å². The molecule has 8 rings (SSSR count). The number of carbonyl (C=O) groups is 1. The van der Waals surface area contributed by atoms with E-state index in [1.807, 2.05) is 116 Å². The van der Waals surface area contributed by atoms with Crippen molar-refractivity contribution in [2.45, 2.75) is 75.9 Å². The van der Waals surface area contributed by atoms with Gasteiger partial charge in [-0.15, -0.1) is 0 Å². The number of hydrogen-bond acceptors (Lipinski definition) is 7. The second kappa shape index (κ2) is 21.8. The molecule has 0 radical (unpaired) electrons. The number of rotatable bonds is 18. The highest BCUT2D eigenvalue weighted by Crippen LogP contribution is 2.42. The monoisotopic (exact) mass is 899 g/mol. The Balaban J connectivity index is 1.02. The number of aliphatic hydroxyl groups excluding tert-OH is 1. The van der Waals surface area contributed by atoms with Gasteiger partial charge in [0.25, 0.3) is 0 Å². The molecule has 9 nitrogen and oxygen atoms in total. The van der Waals surface area contributed by atoms with Gasteiger partial charge in [-0.05, 0) is 82.1 Å². The van der Waals surface area contributed by atoms with E-state index in [1.165, 1.54) is 11.1 Å². The molecule has 5 atom stereocenters. The fourth-order valence-corrected chi connectivity index (χ4v) is 9.69. The Labute approximate surface area is 389 Å². The Bertz CT molecular complexity index is 2710. The summed E-state index contributed by atoms with van der Waals surface area (Å²) in [4.78, 5) is 16.4. The zero-order valence-corrected chi connectivity index (χ0v) is 38.2. The van der Waals surface area contributed by atoms with E-state index in [0.29, 0.717) is 6.54 Å². The van der Waals surface area contributed by atoms with E-state index in [9.17, 15) is 18.3 Å². The molecule has 0 saturated carbocycles. The lowest BCUT2D eigenvalue weighted by molar-refractivity contribution is -0.276. The SMILES string of the molecule is Cc1ccc(S(=O)(=O)NC(Cc2ccccc2)C(=O)NCc2cccc(-c3cccc(C4OC(CN(Cc5ccccc5)Cc5ccccc5)C(C)C(c5ccc(CO)cc5)O4)c3)c2)cc1. The van der Waals surface area contributed by atoms with Gasteiger partial charge in [0.15, 0.2) is 6.29 Å². The van der Waals surface area contributed by atoms with Crippen LogP contribution in [0.2, 0.25) is 0 Å². The minimum Gasteiger partial charge on any atom is -0.392 e. The minimum absolute atomic E-state index is 0.00412. The highest BCUT2D eigenvalue weighted by molar-refractivity contribution is 7.89. The number of sulfonamides is 1. The standard InChI is InChI=1S/C56H57N3O6S/c1-40-24-30-51(31-25-40)66(62,63)58-52(33-42-14-6-3-7-15-42)55(61)57-35-46-20-12-21-48(32-46)49-22-13-23-50(34-49)56-64-53(41(2)54(65-56)47-28-26-45(39-60)27-29-47)38-59(36-43-16-8-4-9-17-43)37-44-18-10-5-11-19-44/h3-32,34,41,52-54,56,58,60H,33,35-39H2,1-2H3,(H,57,61). The van der Waals surface area contributed by atoms with Crippen molar-refractivity contribution in [2.75, 3.05) is 6.54 Å². The van der Waals surface area contributed by atoms with Gasteiger partial charge in [0.2, 0.25) is 15.9 Å². The van der Waals surface area contributed by atoms with Crippen LogP contribution in [0.25, 0.3) is 11.1 Å². The van der Waals surface area contributed by atoms with Crippen LogP contribution in [-0.2, 0) is 57.0 Å². The predicted molar refractivity (Wildman–Crippen MR) is 259 cm³/mol. The van der Waals surface area contributed by atoms with Gasteiger partial charge in [0, 0.05) is 37.7 Å². The Kier molecular flexibility index (Phi) is 15.3. The molecule has 0 aromatic heterocycles. The highest BCUT2D eigenvalue weighted by Gasteiger charge is 2.39. The van der Waals surface area contributed by atoms with E-state index in [0.717, 1.165) is 57.6 Å². The molecule has 1 heterocycles. The van der Waals surface area contributed by atoms with Crippen LogP contribution in [0.15, 0.2) is 193 Å². The molecule has 0 bridgehead atoms. The molecular weight excluding hydrogens is 843 g/mol. The van der Waals surface area contributed by atoms with E-state index in [1.54, 1.807) is 24.3 Å². The Hall–Kier alpha value is -6.24. The maximum Gasteiger partial charge on any atom is 0.241 e. The maximum absolute atomic E-state index is 13.8. The molecule has 7 aromatic rings. The van der Waals surface area contributed by atoms with Crippen LogP contribution < -0.4 is 10.0 Å². The van der Waals surface area contributed by atoms with Crippen LogP contribution in [-0.4, -0.2) is 43.0 Å². The average Bonchev–Trinajstić information content (AvgIpc) is 3.35. The van der Waals surface area contributed by atoms with Crippen LogP contribution in [0.1, 0.15) is 63.8 Å². The summed E-state index contributed by atoms with van der Waals surface area (Å²) in [5.74, 6) is -0.431. The molecule has 10 heteroatoms. The first-order valence-electron chi connectivity index (χ1n) is 22.5. The topological polar surface area (TPSA) is 117 Å². The summed E-state index contributed by atoms with van der Waals surface area (Å²) in [5, 5.41) is 12.8. The van der Waals surface area contributed by atoms with Crippen molar-refractivity contribution < 1.29 is 27.8 Å². The van der Waals surface area contributed by atoms with E-state index in [4.69, 9.17) is 9.47 Å². The van der Waals surface area contributed by atoms with E-state index in [-0.39, 0.29) is 42.6 Å². The first kappa shape index (κ1) is 46.3. The number of amides is 1. The van der Waals surface area contributed by atoms with Gasteiger partial charge in [-0.3, -0.25) is 9.69 Å². The lowest BCUT2D eigenvalue weighted by Crippen LogP contribution is -2.47. The molecule has 1 aliphatic rings. The molecule has 1 aliphatic heterocycles. The fraction of sp³-hybridized carbons (Fsp3) is 0.232. The number of nitrogens with one attached hydrogen (secondary N) is 2. The Morgan fingerprint density at radius 2 is 1.21 bits per heavy atom. The van der Waals surface area contributed by atoms with Gasteiger partial charge >= 0.3 is 0 Å². The summed E-state index contributed by atoms with van der Waals surface area (Å²) in [6.45, 7) is 6.43. The molecule has 66 heavy (non-hydrogen) atoms. The van der Waals surface area contributed by atoms with Crippen molar-refractivity contribution in [3.8, 4) is 11.1 Å². The second-order valence-corrected chi connectivity index (χ2v) is 18.9. The van der Waals surface area contributed by atoms with Crippen LogP contribution in [0.3, 0.4) is 0 Å². The molecule has 0 spiro atoms. The number of benzene rings is 7. The molecule has 0 aliphatic carbocycles. The number of aliphatic hydroxyl groups is 1. The number of carbonyl (C=O) groups excluding carboxylic acids is 1. The minimum atomic E-state index is -3.98. The second-order valence-electron chi connectivity index (χ2n) is 17.2. The number of nitrogens with zero attached hydrogens (tertiary/aromatic N) is 1. The predicted octanol–water partition coefficient (Wildman–Crippen LogP) is 9.85. The van der Waals surface area contributed by atoms with Crippen LogP contribution >= 0.6 is 0 Å². The third kappa shape index (κ3) is 12.1. The fourth-order valence-electron chi connectivity index (χ4n) is 8.50. The van der Waals surface area contributed by atoms with Crippen molar-refractivity contribution >= 4 is 15.9 Å². The van der Waals surface area contributed by atoms with Crippen molar-refractivity contribution in [2.24, 2.45) is 5.92 Å². The summed E-state index contributed by atoms with van der Waals surface area (Å²) in [6, 6.07) is 60.1. The average molecular weight is 900 g/mol. The van der Waals surface area contributed by atoms with Crippen LogP contribution in [0.4, 0.5) is 0 Å². The zero-order valence-electron chi connectivity index (χ0n) is 37.4. The lowest BCUT2D eigenvalue weighted by Gasteiger charge is -2.43. The molecule has 338 valence electrons. The smallest absolute Gasteiger partial charge is 0.241 e. The summed E-state index contributed by atoms with van der Waals surface area (Å²) >= 11 is 0. The number of aryl methyl sites for hydroxylation is 1. The molecule has 5 unspecified atom stereocenters. The molecule has 7 aromatic carbocycles. The lowest BCUT2D eigenvalue weighted by atomic mass is 9.89. The molecule has 3 N–H and O–H groups in total. The third-order valence-electron chi connectivity index (χ3n) is 12.2. The Morgan fingerprint density at radius 3 is 1.83 bits per heavy atom. The van der Waals surface area contributed by atoms with Crippen molar-refractivity contribution in [1.82, 2.24) is 14.9 Å². The summed E-state index contributed by atoms with van der Waals surface area (Å²) in [7, 11) is -3.98. The molecule has 1 amide bonds. The van der Waals surface area contributed by atoms with Gasteiger partial charge in [-0.25, -0.2) is 8.42 Å². The highest BCUT2D eigenvalue weighted by atomic mass is 32.2. The van der Waals surface area contributed by atoms with E-state index in [2.05, 4.69) is 76.5 Å². The summed E-state index contributed by atoms with van der Waals surface area (Å²) < 4.78 is 43.5. The van der Waals surface area contributed by atoms with Gasteiger partial charge in [-0.2, -0.15) is 4.72 Å².